The fourth-order valence-electron chi connectivity index (χ4n) is 10.3. The Kier molecular flexibility index (Phi) is 12.7. The minimum atomic E-state index is 0.534. The summed E-state index contributed by atoms with van der Waals surface area (Å²) in [6.07, 6.45) is 12.7. The lowest BCUT2D eigenvalue weighted by molar-refractivity contribution is -0.642. The summed E-state index contributed by atoms with van der Waals surface area (Å²) in [5.41, 5.74) is 14.0. The molecule has 8 aromatic rings. The Morgan fingerprint density at radius 3 is 2.05 bits per heavy atom. The molecule has 2 aliphatic rings. The summed E-state index contributed by atoms with van der Waals surface area (Å²) >= 11 is 3.78. The first kappa shape index (κ1) is 43.4. The Morgan fingerprint density at radius 2 is 1.33 bits per heavy atom. The Morgan fingerprint density at radius 1 is 0.703 bits per heavy atom. The number of aromatic nitrogens is 1. The van der Waals surface area contributed by atoms with Gasteiger partial charge in [-0.25, -0.2) is 0 Å². The van der Waals surface area contributed by atoms with E-state index in [4.69, 9.17) is 0 Å². The quantitative estimate of drug-likeness (QED) is 0.106. The zero-order chi connectivity index (χ0) is 44.5. The molecule has 1 aliphatic carbocycles. The molecule has 0 unspecified atom stereocenters. The van der Waals surface area contributed by atoms with E-state index in [1.54, 1.807) is 0 Å². The fourth-order valence-corrected chi connectivity index (χ4v) is 12.7. The summed E-state index contributed by atoms with van der Waals surface area (Å²) in [7, 11) is 4.38. The zero-order valence-corrected chi connectivity index (χ0v) is 40.3. The van der Waals surface area contributed by atoms with Crippen molar-refractivity contribution < 1.29 is 4.57 Å². The van der Waals surface area contributed by atoms with E-state index < -0.39 is 0 Å². The number of allylic oxidation sites excluding steroid dienone is 5. The lowest BCUT2D eigenvalue weighted by Crippen LogP contribution is -2.34. The largest absolute Gasteiger partial charge is 0.372 e. The van der Waals surface area contributed by atoms with E-state index in [2.05, 4.69) is 222 Å². The van der Waals surface area contributed by atoms with Crippen molar-refractivity contribution in [2.24, 2.45) is 7.05 Å². The number of fused-ring (bicyclic) bond motifs is 7. The smallest absolute Gasteiger partial charge is 0.262 e. The Bertz CT molecular complexity index is 3150. The van der Waals surface area contributed by atoms with Crippen LogP contribution in [-0.4, -0.2) is 31.7 Å². The molecule has 0 amide bonds. The van der Waals surface area contributed by atoms with E-state index in [0.717, 1.165) is 32.3 Å². The fraction of sp³-hybridized carbons (Fsp3) is 0.224. The molecule has 0 fully saturated rings. The number of rotatable bonds is 9. The first-order chi connectivity index (χ1) is 31.1. The maximum atomic E-state index is 2.53. The van der Waals surface area contributed by atoms with Crippen LogP contribution in [0.2, 0.25) is 6.82 Å². The van der Waals surface area contributed by atoms with Gasteiger partial charge in [-0.3, -0.25) is 0 Å². The monoisotopic (exact) mass is 872 g/mol. The van der Waals surface area contributed by atoms with Crippen molar-refractivity contribution in [2.75, 3.05) is 25.0 Å². The number of nitrogens with zero attached hydrogens (tertiary/aromatic N) is 3. The number of aryl methyl sites for hydroxylation is 4. The summed E-state index contributed by atoms with van der Waals surface area (Å²) < 4.78 is 3.70. The highest BCUT2D eigenvalue weighted by atomic mass is 32.2. The van der Waals surface area contributed by atoms with E-state index in [1.807, 2.05) is 23.1 Å². The number of hydrogen-bond acceptors (Lipinski definition) is 4. The topological polar surface area (TPSA) is 10.4 Å². The highest BCUT2D eigenvalue weighted by Gasteiger charge is 2.26. The lowest BCUT2D eigenvalue weighted by Gasteiger charge is -2.25. The van der Waals surface area contributed by atoms with E-state index in [0.29, 0.717) is 6.71 Å². The van der Waals surface area contributed by atoms with Gasteiger partial charge in [0.25, 0.3) is 5.01 Å². The second-order valence-electron chi connectivity index (χ2n) is 17.6. The average Bonchev–Trinajstić information content (AvgIpc) is 3.97. The molecule has 10 rings (SSSR count). The lowest BCUT2D eigenvalue weighted by atomic mass is 9.42. The molecule has 2 heterocycles. The van der Waals surface area contributed by atoms with E-state index >= 15 is 0 Å². The summed E-state index contributed by atoms with van der Waals surface area (Å²) in [5, 5.41) is 10.6. The van der Waals surface area contributed by atoms with Crippen LogP contribution >= 0.6 is 23.1 Å². The van der Waals surface area contributed by atoms with Crippen LogP contribution in [0.4, 0.5) is 5.69 Å². The molecule has 0 N–H and O–H groups in total. The molecule has 0 saturated heterocycles. The van der Waals surface area contributed by atoms with E-state index in [1.165, 1.54) is 108 Å². The van der Waals surface area contributed by atoms with Crippen LogP contribution in [0, 0.1) is 20.8 Å². The molecule has 7 aromatic carbocycles. The second-order valence-corrected chi connectivity index (χ2v) is 19.6. The van der Waals surface area contributed by atoms with Crippen molar-refractivity contribution in [3.05, 3.63) is 195 Å². The SMILES string of the molecule is CB(Cc1cccc2ccccc12)c1c(C)cc(C)cc1C.CCN(CC)C1=C(/C=C/c2sc3c4ccccc4ccc3[n+]2C)CCC1=C/C=C1\Sc2c(ccc3ccccc23)N1C. The Labute approximate surface area is 389 Å². The van der Waals surface area contributed by atoms with Crippen molar-refractivity contribution in [3.63, 3.8) is 0 Å². The van der Waals surface area contributed by atoms with E-state index in [9.17, 15) is 0 Å². The van der Waals surface area contributed by atoms with Gasteiger partial charge in [-0.15, -0.1) is 0 Å². The molecule has 6 heteroatoms. The van der Waals surface area contributed by atoms with Crippen molar-refractivity contribution >= 4 is 89.6 Å². The predicted molar refractivity (Wildman–Crippen MR) is 283 cm³/mol. The van der Waals surface area contributed by atoms with Crippen LogP contribution in [0.3, 0.4) is 0 Å². The van der Waals surface area contributed by atoms with Crippen LogP contribution in [0.5, 0.6) is 0 Å². The van der Waals surface area contributed by atoms with Gasteiger partial charge in [0.05, 0.1) is 10.7 Å². The first-order valence-electron chi connectivity index (χ1n) is 23.0. The number of hydrogen-bond donors (Lipinski definition) is 0. The van der Waals surface area contributed by atoms with Crippen LogP contribution < -0.4 is 14.9 Å². The molecule has 1 aliphatic heterocycles. The summed E-state index contributed by atoms with van der Waals surface area (Å²) in [6, 6.07) is 46.4. The van der Waals surface area contributed by atoms with Gasteiger partial charge >= 0.3 is 0 Å². The first-order valence-corrected chi connectivity index (χ1v) is 24.6. The summed E-state index contributed by atoms with van der Waals surface area (Å²) in [6.45, 7) is 16.1. The van der Waals surface area contributed by atoms with Crippen LogP contribution in [0.25, 0.3) is 48.6 Å². The molecule has 0 atom stereocenters. The molecular weight excluding hydrogens is 814 g/mol. The van der Waals surface area contributed by atoms with Gasteiger partial charge in [-0.2, -0.15) is 4.57 Å². The summed E-state index contributed by atoms with van der Waals surface area (Å²) in [5.74, 6) is 0. The Balaban J connectivity index is 0.000000198. The third-order valence-corrected chi connectivity index (χ3v) is 15.9. The third-order valence-electron chi connectivity index (χ3n) is 13.4. The molecule has 1 aromatic heterocycles. The highest BCUT2D eigenvalue weighted by molar-refractivity contribution is 8.04. The van der Waals surface area contributed by atoms with Gasteiger partial charge in [0.15, 0.2) is 6.71 Å². The highest BCUT2D eigenvalue weighted by Crippen LogP contribution is 2.49. The molecule has 3 nitrogen and oxygen atoms in total. The van der Waals surface area contributed by atoms with Gasteiger partial charge < -0.3 is 9.80 Å². The molecule has 0 bridgehead atoms. The van der Waals surface area contributed by atoms with E-state index in [-0.39, 0.29) is 0 Å². The zero-order valence-electron chi connectivity index (χ0n) is 38.7. The van der Waals surface area contributed by atoms with Crippen molar-refractivity contribution in [2.45, 2.75) is 65.5 Å². The molecular formula is C58H59BN3S2+. The van der Waals surface area contributed by atoms with Gasteiger partial charge in [0.2, 0.25) is 5.52 Å². The number of thioether (sulfide) groups is 1. The molecule has 0 spiro atoms. The van der Waals surface area contributed by atoms with Crippen molar-refractivity contribution in [1.29, 1.82) is 0 Å². The maximum Gasteiger partial charge on any atom is 0.262 e. The molecule has 0 radical (unpaired) electrons. The van der Waals surface area contributed by atoms with Crippen LogP contribution in [-0.2, 0) is 13.4 Å². The van der Waals surface area contributed by atoms with Gasteiger partial charge in [0.1, 0.15) is 11.7 Å². The Hall–Kier alpha value is -5.82. The normalized spacial score (nSPS) is 15.1. The second kappa shape index (κ2) is 18.7. The van der Waals surface area contributed by atoms with Gasteiger partial charge in [0, 0.05) is 48.3 Å². The van der Waals surface area contributed by atoms with Crippen LogP contribution in [0.1, 0.15) is 54.0 Å². The molecule has 64 heavy (non-hydrogen) atoms. The number of anilines is 1. The van der Waals surface area contributed by atoms with Gasteiger partial charge in [-0.1, -0.05) is 167 Å². The molecule has 320 valence electrons. The van der Waals surface area contributed by atoms with Crippen molar-refractivity contribution in [1.82, 2.24) is 4.90 Å². The number of thiazole rings is 1. The number of benzene rings is 7. The van der Waals surface area contributed by atoms with Crippen LogP contribution in [0.15, 0.2) is 172 Å². The minimum Gasteiger partial charge on any atom is -0.372 e. The third kappa shape index (κ3) is 8.46. The minimum absolute atomic E-state index is 0.534. The number of likely N-dealkylation sites (N-methyl/N-ethyl adjacent to an activating group) is 1. The van der Waals surface area contributed by atoms with Crippen molar-refractivity contribution in [3.8, 4) is 0 Å². The maximum absolute atomic E-state index is 2.53. The standard InChI is InChI=1S/C37H36N3S2.C21H23B/c1-5-40(6-2)35-27(19-23-33-38(3)31-21-17-25-11-7-9-13-29(25)36(31)41-33)15-16-28(35)20-24-34-39(4)32-22-18-26-12-8-10-14-30(26)37(32)42-34;1-15-12-16(2)21(17(3)13-15)22(4)14-19-10-7-9-18-8-5-6-11-20(18)19/h7-14,17-24H,5-6,15-16H2,1-4H3;5-13H,14H2,1-4H3/q+1;. The average molecular weight is 873 g/mol. The predicted octanol–water partition coefficient (Wildman–Crippen LogP) is 14.3. The summed E-state index contributed by atoms with van der Waals surface area (Å²) in [4.78, 5) is 6.23. The van der Waals surface area contributed by atoms with Gasteiger partial charge in [-0.05, 0) is 122 Å². The molecule has 0 saturated carbocycles.